The van der Waals surface area contributed by atoms with Crippen LogP contribution in [0.4, 0.5) is 5.69 Å². The second kappa shape index (κ2) is 9.05. The Hall–Kier alpha value is -2.33. The average molecular weight is 367 g/mol. The van der Waals surface area contributed by atoms with E-state index < -0.39 is 0 Å². The summed E-state index contributed by atoms with van der Waals surface area (Å²) in [7, 11) is 0. The fourth-order valence-electron chi connectivity index (χ4n) is 3.88. The van der Waals surface area contributed by atoms with Crippen LogP contribution in [-0.4, -0.2) is 48.2 Å². The SMILES string of the molecule is CCN(CC)c1ccc(-c2ccc(C(=O)N3CCCC[C@H]3CO)cc2)cc1. The standard InChI is InChI=1S/C23H30N2O2/c1-3-24(4-2)21-14-12-19(13-15-21)18-8-10-20(11-9-18)23(27)25-16-6-5-7-22(25)17-26/h8-15,22,26H,3-7,16-17H2,1-2H3/t22-/m0/s1. The van der Waals surface area contributed by atoms with Crippen molar-refractivity contribution in [2.24, 2.45) is 0 Å². The number of amides is 1. The van der Waals surface area contributed by atoms with Crippen LogP contribution < -0.4 is 4.90 Å². The minimum absolute atomic E-state index is 0.0252. The molecule has 1 heterocycles. The molecule has 1 fully saturated rings. The van der Waals surface area contributed by atoms with Crippen molar-refractivity contribution in [1.29, 1.82) is 0 Å². The van der Waals surface area contributed by atoms with Gasteiger partial charge in [-0.15, -0.1) is 0 Å². The first-order valence-corrected chi connectivity index (χ1v) is 10.0. The first kappa shape index (κ1) is 19.4. The molecule has 0 radical (unpaired) electrons. The van der Waals surface area contributed by atoms with Crippen molar-refractivity contribution in [1.82, 2.24) is 4.90 Å². The molecule has 4 nitrogen and oxygen atoms in total. The number of piperidine rings is 1. The topological polar surface area (TPSA) is 43.8 Å². The molecule has 0 saturated carbocycles. The number of nitrogens with zero attached hydrogens (tertiary/aromatic N) is 2. The van der Waals surface area contributed by atoms with Gasteiger partial charge in [-0.3, -0.25) is 4.79 Å². The Morgan fingerprint density at radius 2 is 1.59 bits per heavy atom. The smallest absolute Gasteiger partial charge is 0.254 e. The van der Waals surface area contributed by atoms with Crippen molar-refractivity contribution in [3.8, 4) is 11.1 Å². The highest BCUT2D eigenvalue weighted by Gasteiger charge is 2.26. The molecule has 27 heavy (non-hydrogen) atoms. The van der Waals surface area contributed by atoms with Crippen molar-refractivity contribution in [2.75, 3.05) is 31.1 Å². The summed E-state index contributed by atoms with van der Waals surface area (Å²) < 4.78 is 0. The lowest BCUT2D eigenvalue weighted by Gasteiger charge is -2.34. The van der Waals surface area contributed by atoms with E-state index in [-0.39, 0.29) is 18.6 Å². The first-order chi connectivity index (χ1) is 13.2. The van der Waals surface area contributed by atoms with Gasteiger partial charge in [0, 0.05) is 30.9 Å². The van der Waals surface area contributed by atoms with Gasteiger partial charge in [0.1, 0.15) is 0 Å². The highest BCUT2D eigenvalue weighted by Crippen LogP contribution is 2.25. The third-order valence-electron chi connectivity index (χ3n) is 5.56. The number of hydrogen-bond donors (Lipinski definition) is 1. The molecule has 0 aliphatic carbocycles. The lowest BCUT2D eigenvalue weighted by molar-refractivity contribution is 0.0503. The summed E-state index contributed by atoms with van der Waals surface area (Å²) in [4.78, 5) is 17.0. The minimum atomic E-state index is -0.0430. The normalized spacial score (nSPS) is 17.0. The van der Waals surface area contributed by atoms with Crippen LogP contribution in [0.1, 0.15) is 43.5 Å². The van der Waals surface area contributed by atoms with Crippen molar-refractivity contribution in [2.45, 2.75) is 39.2 Å². The van der Waals surface area contributed by atoms with E-state index in [4.69, 9.17) is 0 Å². The molecule has 1 amide bonds. The van der Waals surface area contributed by atoms with Gasteiger partial charge in [0.2, 0.25) is 0 Å². The van der Waals surface area contributed by atoms with Gasteiger partial charge in [-0.05, 0) is 68.5 Å². The van der Waals surface area contributed by atoms with Crippen LogP contribution in [0, 0.1) is 0 Å². The number of rotatable bonds is 6. The van der Waals surface area contributed by atoms with E-state index in [9.17, 15) is 9.90 Å². The highest BCUT2D eigenvalue weighted by molar-refractivity contribution is 5.95. The number of benzene rings is 2. The monoisotopic (exact) mass is 366 g/mol. The van der Waals surface area contributed by atoms with Crippen molar-refractivity contribution < 1.29 is 9.90 Å². The largest absolute Gasteiger partial charge is 0.394 e. The maximum absolute atomic E-state index is 12.8. The van der Waals surface area contributed by atoms with Crippen LogP contribution in [0.3, 0.4) is 0 Å². The van der Waals surface area contributed by atoms with E-state index in [2.05, 4.69) is 43.0 Å². The van der Waals surface area contributed by atoms with Gasteiger partial charge in [-0.25, -0.2) is 0 Å². The number of hydrogen-bond acceptors (Lipinski definition) is 3. The van der Waals surface area contributed by atoms with Gasteiger partial charge >= 0.3 is 0 Å². The van der Waals surface area contributed by atoms with E-state index in [1.54, 1.807) is 0 Å². The maximum Gasteiger partial charge on any atom is 0.254 e. The summed E-state index contributed by atoms with van der Waals surface area (Å²) in [5, 5.41) is 9.55. The maximum atomic E-state index is 12.8. The fourth-order valence-corrected chi connectivity index (χ4v) is 3.88. The van der Waals surface area contributed by atoms with Crippen LogP contribution in [0.2, 0.25) is 0 Å². The summed E-state index contributed by atoms with van der Waals surface area (Å²) in [6.07, 6.45) is 2.98. The molecule has 1 N–H and O–H groups in total. The second-order valence-corrected chi connectivity index (χ2v) is 7.13. The Labute approximate surface area is 162 Å². The third kappa shape index (κ3) is 4.33. The van der Waals surface area contributed by atoms with E-state index in [0.717, 1.165) is 50.0 Å². The molecule has 4 heteroatoms. The zero-order valence-corrected chi connectivity index (χ0v) is 16.4. The molecule has 1 atom stereocenters. The Morgan fingerprint density at radius 1 is 1.00 bits per heavy atom. The minimum Gasteiger partial charge on any atom is -0.394 e. The van der Waals surface area contributed by atoms with Crippen LogP contribution in [0.5, 0.6) is 0 Å². The predicted molar refractivity (Wildman–Crippen MR) is 111 cm³/mol. The van der Waals surface area contributed by atoms with Crippen molar-refractivity contribution in [3.05, 3.63) is 54.1 Å². The van der Waals surface area contributed by atoms with E-state index in [1.165, 1.54) is 5.69 Å². The molecule has 0 spiro atoms. The van der Waals surface area contributed by atoms with Crippen LogP contribution in [0.25, 0.3) is 11.1 Å². The van der Waals surface area contributed by atoms with E-state index in [0.29, 0.717) is 5.56 Å². The number of carbonyl (C=O) groups is 1. The summed E-state index contributed by atoms with van der Waals surface area (Å²) in [6, 6.07) is 16.4. The molecule has 2 aromatic rings. The zero-order chi connectivity index (χ0) is 19.2. The quantitative estimate of drug-likeness (QED) is 0.834. The molecular weight excluding hydrogens is 336 g/mol. The highest BCUT2D eigenvalue weighted by atomic mass is 16.3. The lowest BCUT2D eigenvalue weighted by atomic mass is 10.00. The molecule has 0 unspecified atom stereocenters. The van der Waals surface area contributed by atoms with Gasteiger partial charge in [0.15, 0.2) is 0 Å². The lowest BCUT2D eigenvalue weighted by Crippen LogP contribution is -2.45. The molecule has 3 rings (SSSR count). The zero-order valence-electron chi connectivity index (χ0n) is 16.4. The van der Waals surface area contributed by atoms with Crippen LogP contribution >= 0.6 is 0 Å². The van der Waals surface area contributed by atoms with Gasteiger partial charge < -0.3 is 14.9 Å². The summed E-state index contributed by atoms with van der Waals surface area (Å²) in [5.41, 5.74) is 4.18. The van der Waals surface area contributed by atoms with Crippen LogP contribution in [0.15, 0.2) is 48.5 Å². The Bertz CT molecular complexity index is 736. The van der Waals surface area contributed by atoms with Crippen molar-refractivity contribution >= 4 is 11.6 Å². The number of aliphatic hydroxyl groups is 1. The average Bonchev–Trinajstić information content (AvgIpc) is 2.74. The summed E-state index contributed by atoms with van der Waals surface area (Å²) >= 11 is 0. The van der Waals surface area contributed by atoms with E-state index >= 15 is 0 Å². The van der Waals surface area contributed by atoms with Gasteiger partial charge in [0.25, 0.3) is 5.91 Å². The predicted octanol–water partition coefficient (Wildman–Crippen LogP) is 4.19. The Morgan fingerprint density at radius 3 is 2.15 bits per heavy atom. The molecule has 0 aromatic heterocycles. The summed E-state index contributed by atoms with van der Waals surface area (Å²) in [6.45, 7) is 7.10. The van der Waals surface area contributed by atoms with E-state index in [1.807, 2.05) is 29.2 Å². The van der Waals surface area contributed by atoms with Gasteiger partial charge in [-0.1, -0.05) is 24.3 Å². The molecular formula is C23H30N2O2. The second-order valence-electron chi connectivity index (χ2n) is 7.13. The first-order valence-electron chi connectivity index (χ1n) is 10.0. The fraction of sp³-hybridized carbons (Fsp3) is 0.435. The van der Waals surface area contributed by atoms with Crippen molar-refractivity contribution in [3.63, 3.8) is 0 Å². The summed E-state index contributed by atoms with van der Waals surface area (Å²) in [5.74, 6) is 0.0252. The van der Waals surface area contributed by atoms with Crippen LogP contribution in [-0.2, 0) is 0 Å². The number of likely N-dealkylation sites (tertiary alicyclic amines) is 1. The Balaban J connectivity index is 1.74. The number of carbonyl (C=O) groups excluding carboxylic acids is 1. The molecule has 0 bridgehead atoms. The van der Waals surface area contributed by atoms with Gasteiger partial charge in [0.05, 0.1) is 12.6 Å². The molecule has 144 valence electrons. The molecule has 1 aliphatic rings. The molecule has 2 aromatic carbocycles. The number of anilines is 1. The van der Waals surface area contributed by atoms with Gasteiger partial charge in [-0.2, -0.15) is 0 Å². The Kier molecular flexibility index (Phi) is 6.51. The third-order valence-corrected chi connectivity index (χ3v) is 5.56. The number of aliphatic hydroxyl groups excluding tert-OH is 1. The molecule has 1 saturated heterocycles. The molecule has 1 aliphatic heterocycles.